The van der Waals surface area contributed by atoms with Gasteiger partial charge in [0.05, 0.1) is 4.90 Å². The molecule has 0 aliphatic carbocycles. The van der Waals surface area contributed by atoms with Crippen LogP contribution in [-0.2, 0) is 21.2 Å². The lowest BCUT2D eigenvalue weighted by Gasteiger charge is -2.20. The summed E-state index contributed by atoms with van der Waals surface area (Å²) in [6.07, 6.45) is 0.594. The highest BCUT2D eigenvalue weighted by atomic mass is 32.2. The highest BCUT2D eigenvalue weighted by Gasteiger charge is 2.30. The van der Waals surface area contributed by atoms with Gasteiger partial charge in [-0.15, -0.1) is 15.3 Å². The fourth-order valence-corrected chi connectivity index (χ4v) is 5.39. The summed E-state index contributed by atoms with van der Waals surface area (Å²) in [7, 11) is -3.78. The number of amides is 1. The van der Waals surface area contributed by atoms with Crippen LogP contribution in [0.4, 0.5) is 10.1 Å². The van der Waals surface area contributed by atoms with Gasteiger partial charge in [0, 0.05) is 36.8 Å². The third-order valence-corrected chi connectivity index (χ3v) is 7.34. The Morgan fingerprint density at radius 1 is 1.17 bits per heavy atom. The number of sulfonamides is 1. The third-order valence-electron chi connectivity index (χ3n) is 5.88. The summed E-state index contributed by atoms with van der Waals surface area (Å²) in [6, 6.07) is 13.9. The van der Waals surface area contributed by atoms with Crippen LogP contribution >= 0.6 is 0 Å². The minimum atomic E-state index is -3.78. The van der Waals surface area contributed by atoms with Crippen molar-refractivity contribution in [3.05, 3.63) is 66.0 Å². The number of rotatable bonds is 7. The Hall–Kier alpha value is -3.90. The molecule has 1 N–H and O–H groups in total. The van der Waals surface area contributed by atoms with E-state index in [0.29, 0.717) is 23.5 Å². The number of hydrogen-bond donors (Lipinski definition) is 1. The van der Waals surface area contributed by atoms with Crippen molar-refractivity contribution in [1.82, 2.24) is 24.5 Å². The predicted octanol–water partition coefficient (Wildman–Crippen LogP) is 2.59. The number of anilines is 1. The zero-order chi connectivity index (χ0) is 25.4. The largest absolute Gasteiger partial charge is 0.475 e. The number of benzene rings is 2. The van der Waals surface area contributed by atoms with Gasteiger partial charge in [-0.3, -0.25) is 4.79 Å². The molecule has 4 aromatic rings. The molecule has 3 heterocycles. The molecule has 1 unspecified atom stereocenters. The Labute approximate surface area is 206 Å². The summed E-state index contributed by atoms with van der Waals surface area (Å²) >= 11 is 0. The van der Waals surface area contributed by atoms with Gasteiger partial charge >= 0.3 is 0 Å². The van der Waals surface area contributed by atoms with E-state index in [1.54, 1.807) is 41.3 Å². The molecule has 10 nitrogen and oxygen atoms in total. The van der Waals surface area contributed by atoms with Crippen molar-refractivity contribution in [2.24, 2.45) is 0 Å². The van der Waals surface area contributed by atoms with E-state index >= 15 is 0 Å². The summed E-state index contributed by atoms with van der Waals surface area (Å²) in [5.74, 6) is 0.103. The van der Waals surface area contributed by atoms with E-state index in [9.17, 15) is 17.6 Å². The van der Waals surface area contributed by atoms with Crippen LogP contribution in [0.2, 0.25) is 0 Å². The molecule has 36 heavy (non-hydrogen) atoms. The fraction of sp³-hybridized carbons (Fsp3) is 0.250. The normalized spacial score (nSPS) is 15.3. The number of nitrogens with one attached hydrogen (secondary N) is 1. The quantitative estimate of drug-likeness (QED) is 0.380. The smallest absolute Gasteiger partial charge is 0.240 e. The van der Waals surface area contributed by atoms with E-state index in [1.165, 1.54) is 29.6 Å². The second kappa shape index (κ2) is 9.28. The SMILES string of the molecule is CC(=O)N1c2ccc(S(=O)(=O)NCCOc3ccc4nnc(-c5cccc(F)c5)n4n3)cc2CC1C. The molecule has 12 heteroatoms. The summed E-state index contributed by atoms with van der Waals surface area (Å²) in [5.41, 5.74) is 2.52. The monoisotopic (exact) mass is 510 g/mol. The van der Waals surface area contributed by atoms with Crippen molar-refractivity contribution in [2.75, 3.05) is 18.1 Å². The van der Waals surface area contributed by atoms with Crippen LogP contribution in [0.25, 0.3) is 17.0 Å². The number of aromatic nitrogens is 4. The molecule has 0 saturated carbocycles. The third kappa shape index (κ3) is 4.52. The van der Waals surface area contributed by atoms with E-state index in [-0.39, 0.29) is 35.9 Å². The van der Waals surface area contributed by atoms with Crippen molar-refractivity contribution >= 4 is 27.3 Å². The average Bonchev–Trinajstić information content (AvgIpc) is 3.41. The maximum Gasteiger partial charge on any atom is 0.240 e. The average molecular weight is 511 g/mol. The molecule has 0 bridgehead atoms. The zero-order valence-corrected chi connectivity index (χ0v) is 20.4. The molecule has 1 amide bonds. The minimum Gasteiger partial charge on any atom is -0.475 e. The number of halogens is 1. The van der Waals surface area contributed by atoms with Crippen molar-refractivity contribution in [3.63, 3.8) is 0 Å². The van der Waals surface area contributed by atoms with Crippen molar-refractivity contribution in [1.29, 1.82) is 0 Å². The van der Waals surface area contributed by atoms with Crippen LogP contribution in [0, 0.1) is 5.82 Å². The van der Waals surface area contributed by atoms with E-state index in [1.807, 2.05) is 6.92 Å². The standard InChI is InChI=1S/C24H23FN6O4S/c1-15-12-18-14-20(6-7-21(18)30(15)16(2)32)36(33,34)26-10-11-35-23-9-8-22-27-28-24(31(22)29-23)17-4-3-5-19(25)13-17/h3-9,13-15,26H,10-12H2,1-2H3. The van der Waals surface area contributed by atoms with Gasteiger partial charge < -0.3 is 9.64 Å². The highest BCUT2D eigenvalue weighted by molar-refractivity contribution is 7.89. The Morgan fingerprint density at radius 2 is 2.00 bits per heavy atom. The number of carbonyl (C=O) groups is 1. The maximum absolute atomic E-state index is 13.6. The number of fused-ring (bicyclic) bond motifs is 2. The Morgan fingerprint density at radius 3 is 2.78 bits per heavy atom. The first kappa shape index (κ1) is 23.8. The van der Waals surface area contributed by atoms with Gasteiger partial charge in [-0.1, -0.05) is 12.1 Å². The molecule has 2 aromatic heterocycles. The first-order chi connectivity index (χ1) is 17.2. The predicted molar refractivity (Wildman–Crippen MR) is 130 cm³/mol. The molecular weight excluding hydrogens is 487 g/mol. The fourth-order valence-electron chi connectivity index (χ4n) is 4.33. The molecule has 186 valence electrons. The van der Waals surface area contributed by atoms with Gasteiger partial charge in [0.15, 0.2) is 11.5 Å². The van der Waals surface area contributed by atoms with Gasteiger partial charge in [0.25, 0.3) is 0 Å². The summed E-state index contributed by atoms with van der Waals surface area (Å²) in [5, 5.41) is 12.4. The molecule has 1 aliphatic heterocycles. The minimum absolute atomic E-state index is 0.00798. The highest BCUT2D eigenvalue weighted by Crippen LogP contribution is 2.33. The number of ether oxygens (including phenoxy) is 1. The van der Waals surface area contributed by atoms with Gasteiger partial charge in [-0.2, -0.15) is 4.52 Å². The van der Waals surface area contributed by atoms with Crippen molar-refractivity contribution in [3.8, 4) is 17.3 Å². The van der Waals surface area contributed by atoms with Gasteiger partial charge in [-0.25, -0.2) is 17.5 Å². The van der Waals surface area contributed by atoms with E-state index in [0.717, 1.165) is 11.3 Å². The molecule has 2 aromatic carbocycles. The maximum atomic E-state index is 13.6. The second-order valence-corrected chi connectivity index (χ2v) is 10.2. The van der Waals surface area contributed by atoms with E-state index in [4.69, 9.17) is 4.74 Å². The van der Waals surface area contributed by atoms with Crippen LogP contribution < -0.4 is 14.4 Å². The van der Waals surface area contributed by atoms with Crippen LogP contribution in [0.3, 0.4) is 0 Å². The van der Waals surface area contributed by atoms with Crippen LogP contribution in [0.1, 0.15) is 19.4 Å². The van der Waals surface area contributed by atoms with E-state index < -0.39 is 15.8 Å². The molecule has 0 spiro atoms. The van der Waals surface area contributed by atoms with Gasteiger partial charge in [-0.05, 0) is 55.3 Å². The van der Waals surface area contributed by atoms with Gasteiger partial charge in [0.2, 0.25) is 21.8 Å². The van der Waals surface area contributed by atoms with Gasteiger partial charge in [0.1, 0.15) is 12.4 Å². The summed E-state index contributed by atoms with van der Waals surface area (Å²) in [4.78, 5) is 13.7. The van der Waals surface area contributed by atoms with Crippen LogP contribution in [0.5, 0.6) is 5.88 Å². The Kier molecular flexibility index (Phi) is 6.14. The topological polar surface area (TPSA) is 119 Å². The van der Waals surface area contributed by atoms with E-state index in [2.05, 4.69) is 20.0 Å². The van der Waals surface area contributed by atoms with Crippen molar-refractivity contribution < 1.29 is 22.3 Å². The first-order valence-electron chi connectivity index (χ1n) is 11.3. The molecular formula is C24H23FN6O4S. The Balaban J connectivity index is 1.24. The molecule has 1 aliphatic rings. The second-order valence-electron chi connectivity index (χ2n) is 8.45. The molecule has 0 fully saturated rings. The van der Waals surface area contributed by atoms with Crippen LogP contribution in [0.15, 0.2) is 59.5 Å². The molecule has 0 saturated heterocycles. The molecule has 0 radical (unpaired) electrons. The Bertz CT molecular complexity index is 1570. The number of carbonyl (C=O) groups excluding carboxylic acids is 1. The lowest BCUT2D eigenvalue weighted by Crippen LogP contribution is -2.33. The molecule has 1 atom stereocenters. The summed E-state index contributed by atoms with van der Waals surface area (Å²) < 4.78 is 48.8. The zero-order valence-electron chi connectivity index (χ0n) is 19.6. The lowest BCUT2D eigenvalue weighted by molar-refractivity contribution is -0.116. The number of hydrogen-bond acceptors (Lipinski definition) is 7. The number of nitrogens with zero attached hydrogens (tertiary/aromatic N) is 5. The van der Waals surface area contributed by atoms with Crippen molar-refractivity contribution in [2.45, 2.75) is 31.2 Å². The lowest BCUT2D eigenvalue weighted by atomic mass is 10.1. The van der Waals surface area contributed by atoms with Crippen LogP contribution in [-0.4, -0.2) is 53.3 Å². The molecule has 5 rings (SSSR count). The first-order valence-corrected chi connectivity index (χ1v) is 12.7. The summed E-state index contributed by atoms with van der Waals surface area (Å²) in [6.45, 7) is 3.46.